The van der Waals surface area contributed by atoms with Crippen molar-refractivity contribution in [1.29, 1.82) is 0 Å². The van der Waals surface area contributed by atoms with E-state index in [1.165, 1.54) is 50.5 Å². The molecule has 0 amide bonds. The number of nitrogens with zero attached hydrogens (tertiary/aromatic N) is 2. The van der Waals surface area contributed by atoms with Crippen LogP contribution in [0.5, 0.6) is 0 Å². The van der Waals surface area contributed by atoms with E-state index in [1.807, 2.05) is 24.3 Å². The molecular weight excluding hydrogens is 432 g/mol. The number of hydrogen-bond acceptors (Lipinski definition) is 4. The van der Waals surface area contributed by atoms with E-state index in [4.69, 9.17) is 4.74 Å². The smallest absolute Gasteiger partial charge is 0.157 e. The van der Waals surface area contributed by atoms with Crippen molar-refractivity contribution in [3.8, 4) is 0 Å². The van der Waals surface area contributed by atoms with Crippen molar-refractivity contribution in [3.05, 3.63) is 71.8 Å². The number of unbranched alkanes of at least 4 members (excludes halogenated alkanes) is 8. The van der Waals surface area contributed by atoms with Gasteiger partial charge >= 0.3 is 0 Å². The highest BCUT2D eigenvalue weighted by atomic mass is 16.5. The SMILES string of the molecule is C=C(C)C(=O)CCCCCCCCCCOCc1ccc(N=Nc2ccc(CCCC)cc2)cc1. The standard InChI is InChI=1S/C31H44N2O2/c1-4-5-14-27-16-20-29(21-17-27)32-33-30-22-18-28(19-23-30)25-35-24-13-11-9-7-6-8-10-12-15-31(34)26(2)3/h16-23H,2,4-15,24-25H2,1,3H3. The zero-order chi connectivity index (χ0) is 25.1. The largest absolute Gasteiger partial charge is 0.377 e. The third-order valence-corrected chi connectivity index (χ3v) is 6.16. The van der Waals surface area contributed by atoms with Gasteiger partial charge in [-0.25, -0.2) is 0 Å². The van der Waals surface area contributed by atoms with E-state index in [1.54, 1.807) is 6.92 Å². The van der Waals surface area contributed by atoms with Crippen LogP contribution < -0.4 is 0 Å². The van der Waals surface area contributed by atoms with Gasteiger partial charge in [-0.1, -0.05) is 82.7 Å². The van der Waals surface area contributed by atoms with Crippen LogP contribution in [-0.4, -0.2) is 12.4 Å². The Kier molecular flexibility index (Phi) is 14.6. The number of carbonyl (C=O) groups is 1. The number of ether oxygens (including phenoxy) is 1. The molecule has 0 N–H and O–H groups in total. The molecule has 0 spiro atoms. The molecule has 2 aromatic carbocycles. The zero-order valence-corrected chi connectivity index (χ0v) is 21.9. The molecule has 0 aliphatic carbocycles. The van der Waals surface area contributed by atoms with Crippen molar-refractivity contribution in [2.75, 3.05) is 6.61 Å². The van der Waals surface area contributed by atoms with Crippen LogP contribution in [0.15, 0.2) is 70.9 Å². The summed E-state index contributed by atoms with van der Waals surface area (Å²) in [5.41, 5.74) is 4.94. The molecular formula is C31H44N2O2. The lowest BCUT2D eigenvalue weighted by Gasteiger charge is -2.05. The fourth-order valence-corrected chi connectivity index (χ4v) is 3.84. The monoisotopic (exact) mass is 476 g/mol. The van der Waals surface area contributed by atoms with Crippen molar-refractivity contribution < 1.29 is 9.53 Å². The van der Waals surface area contributed by atoms with Gasteiger partial charge in [0, 0.05) is 13.0 Å². The maximum Gasteiger partial charge on any atom is 0.157 e. The van der Waals surface area contributed by atoms with Gasteiger partial charge in [0.2, 0.25) is 0 Å². The molecule has 0 aliphatic rings. The van der Waals surface area contributed by atoms with Crippen LogP contribution in [0.3, 0.4) is 0 Å². The van der Waals surface area contributed by atoms with Gasteiger partial charge in [-0.3, -0.25) is 4.79 Å². The average molecular weight is 477 g/mol. The molecule has 0 unspecified atom stereocenters. The molecule has 2 aromatic rings. The topological polar surface area (TPSA) is 51.0 Å². The fourth-order valence-electron chi connectivity index (χ4n) is 3.84. The van der Waals surface area contributed by atoms with Crippen LogP contribution in [0.2, 0.25) is 0 Å². The van der Waals surface area contributed by atoms with Crippen molar-refractivity contribution in [3.63, 3.8) is 0 Å². The van der Waals surface area contributed by atoms with Gasteiger partial charge < -0.3 is 4.74 Å². The molecule has 0 heterocycles. The molecule has 0 saturated heterocycles. The summed E-state index contributed by atoms with van der Waals surface area (Å²) < 4.78 is 5.84. The highest BCUT2D eigenvalue weighted by Gasteiger charge is 2.01. The van der Waals surface area contributed by atoms with E-state index in [0.29, 0.717) is 18.6 Å². The molecule has 4 heteroatoms. The third kappa shape index (κ3) is 13.2. The molecule has 4 nitrogen and oxygen atoms in total. The van der Waals surface area contributed by atoms with Gasteiger partial charge in [0.1, 0.15) is 0 Å². The molecule has 0 aromatic heterocycles. The number of allylic oxidation sites excluding steroid dienone is 1. The Bertz CT molecular complexity index is 885. The molecule has 190 valence electrons. The second kappa shape index (κ2) is 17.8. The van der Waals surface area contributed by atoms with Crippen LogP contribution in [0.1, 0.15) is 95.6 Å². The van der Waals surface area contributed by atoms with Crippen LogP contribution in [0, 0.1) is 0 Å². The highest BCUT2D eigenvalue weighted by Crippen LogP contribution is 2.20. The first kappa shape index (κ1) is 28.6. The number of rotatable bonds is 19. The number of aryl methyl sites for hydroxylation is 1. The first-order valence-corrected chi connectivity index (χ1v) is 13.4. The van der Waals surface area contributed by atoms with Crippen molar-refractivity contribution in [2.45, 2.75) is 97.5 Å². The summed E-state index contributed by atoms with van der Waals surface area (Å²) in [4.78, 5) is 11.5. The summed E-state index contributed by atoms with van der Waals surface area (Å²) in [6, 6.07) is 16.5. The maximum atomic E-state index is 11.5. The molecule has 2 rings (SSSR count). The summed E-state index contributed by atoms with van der Waals surface area (Å²) in [5, 5.41) is 8.70. The fraction of sp³-hybridized carbons (Fsp3) is 0.516. The van der Waals surface area contributed by atoms with E-state index >= 15 is 0 Å². The average Bonchev–Trinajstić information content (AvgIpc) is 2.88. The van der Waals surface area contributed by atoms with Crippen molar-refractivity contribution in [1.82, 2.24) is 0 Å². The van der Waals surface area contributed by atoms with Crippen LogP contribution in [0.4, 0.5) is 11.4 Å². The molecule has 35 heavy (non-hydrogen) atoms. The Morgan fingerprint density at radius 3 is 1.80 bits per heavy atom. The third-order valence-electron chi connectivity index (χ3n) is 6.16. The van der Waals surface area contributed by atoms with Crippen LogP contribution in [0.25, 0.3) is 0 Å². The van der Waals surface area contributed by atoms with E-state index in [9.17, 15) is 4.79 Å². The number of carbonyl (C=O) groups excluding carboxylic acids is 1. The number of benzene rings is 2. The minimum Gasteiger partial charge on any atom is -0.377 e. The van der Waals surface area contributed by atoms with E-state index in [-0.39, 0.29) is 5.78 Å². The second-order valence-electron chi connectivity index (χ2n) is 9.47. The minimum absolute atomic E-state index is 0.213. The quantitative estimate of drug-likeness (QED) is 0.115. The van der Waals surface area contributed by atoms with Gasteiger partial charge in [-0.15, -0.1) is 0 Å². The van der Waals surface area contributed by atoms with Gasteiger partial charge in [-0.2, -0.15) is 10.2 Å². The number of hydrogen-bond donors (Lipinski definition) is 0. The lowest BCUT2D eigenvalue weighted by molar-refractivity contribution is -0.115. The Morgan fingerprint density at radius 2 is 1.26 bits per heavy atom. The summed E-state index contributed by atoms with van der Waals surface area (Å²) >= 11 is 0. The Hall–Kier alpha value is -2.59. The Labute approximate surface area is 212 Å². The lowest BCUT2D eigenvalue weighted by atomic mass is 10.0. The number of azo groups is 1. The predicted octanol–water partition coefficient (Wildman–Crippen LogP) is 9.62. The first-order valence-electron chi connectivity index (χ1n) is 13.4. The van der Waals surface area contributed by atoms with E-state index in [2.05, 4.69) is 48.0 Å². The summed E-state index contributed by atoms with van der Waals surface area (Å²) in [7, 11) is 0. The van der Waals surface area contributed by atoms with Gasteiger partial charge in [0.05, 0.1) is 18.0 Å². The zero-order valence-electron chi connectivity index (χ0n) is 21.9. The first-order chi connectivity index (χ1) is 17.1. The summed E-state index contributed by atoms with van der Waals surface area (Å²) in [6.45, 7) is 9.16. The normalized spacial score (nSPS) is 11.3. The number of ketones is 1. The molecule has 0 aliphatic heterocycles. The summed E-state index contributed by atoms with van der Waals surface area (Å²) in [5.74, 6) is 0.213. The van der Waals surface area contributed by atoms with Crippen molar-refractivity contribution >= 4 is 17.2 Å². The maximum absolute atomic E-state index is 11.5. The van der Waals surface area contributed by atoms with Gasteiger partial charge in [0.15, 0.2) is 5.78 Å². The van der Waals surface area contributed by atoms with Crippen molar-refractivity contribution in [2.24, 2.45) is 10.2 Å². The van der Waals surface area contributed by atoms with E-state index in [0.717, 1.165) is 49.2 Å². The summed E-state index contributed by atoms with van der Waals surface area (Å²) in [6.07, 6.45) is 13.7. The molecule has 0 radical (unpaired) electrons. The lowest BCUT2D eigenvalue weighted by Crippen LogP contribution is -1.97. The second-order valence-corrected chi connectivity index (χ2v) is 9.47. The minimum atomic E-state index is 0.213. The Morgan fingerprint density at radius 1 is 0.743 bits per heavy atom. The van der Waals surface area contributed by atoms with Gasteiger partial charge in [0.25, 0.3) is 0 Å². The van der Waals surface area contributed by atoms with Crippen LogP contribution in [-0.2, 0) is 22.6 Å². The molecule has 0 bridgehead atoms. The van der Waals surface area contributed by atoms with Crippen LogP contribution >= 0.6 is 0 Å². The molecule has 0 fully saturated rings. The molecule has 0 atom stereocenters. The molecule has 0 saturated carbocycles. The predicted molar refractivity (Wildman–Crippen MR) is 147 cm³/mol. The van der Waals surface area contributed by atoms with Gasteiger partial charge in [-0.05, 0) is 73.6 Å². The highest BCUT2D eigenvalue weighted by molar-refractivity contribution is 5.93. The Balaban J connectivity index is 1.50. The van der Waals surface area contributed by atoms with E-state index < -0.39 is 0 Å². The number of Topliss-reactive ketones (excluding diaryl/α,β-unsaturated/α-hetero) is 1.